The zero-order valence-corrected chi connectivity index (χ0v) is 12.5. The molecule has 0 fully saturated rings. The lowest BCUT2D eigenvalue weighted by molar-refractivity contribution is 0.419. The molecule has 1 aromatic carbocycles. The number of benzene rings is 1. The molecule has 0 aliphatic rings. The van der Waals surface area contributed by atoms with Gasteiger partial charge in [0.05, 0.1) is 12.2 Å². The Balaban J connectivity index is 1.54. The van der Waals surface area contributed by atoms with Crippen LogP contribution in [0.1, 0.15) is 5.69 Å². The van der Waals surface area contributed by atoms with Crippen LogP contribution in [0, 0.1) is 0 Å². The second kappa shape index (κ2) is 5.61. The molecule has 0 atom stereocenters. The molecule has 5 heteroatoms. The molecule has 0 aliphatic carbocycles. The van der Waals surface area contributed by atoms with Gasteiger partial charge in [0.15, 0.2) is 5.76 Å². The van der Waals surface area contributed by atoms with E-state index in [2.05, 4.69) is 27.1 Å². The minimum absolute atomic E-state index is 0.598. The van der Waals surface area contributed by atoms with Gasteiger partial charge in [-0.25, -0.2) is 0 Å². The van der Waals surface area contributed by atoms with Crippen molar-refractivity contribution in [3.05, 3.63) is 71.2 Å². The second-order valence-electron chi connectivity index (χ2n) is 4.96. The lowest BCUT2D eigenvalue weighted by Gasteiger charge is -1.96. The third kappa shape index (κ3) is 2.58. The summed E-state index contributed by atoms with van der Waals surface area (Å²) in [5.74, 6) is 0.779. The van der Waals surface area contributed by atoms with E-state index in [1.807, 2.05) is 53.3 Å². The molecule has 0 amide bonds. The summed E-state index contributed by atoms with van der Waals surface area (Å²) in [5.41, 5.74) is 4.02. The first-order chi connectivity index (χ1) is 10.9. The van der Waals surface area contributed by atoms with Gasteiger partial charge in [-0.1, -0.05) is 35.5 Å². The van der Waals surface area contributed by atoms with Crippen LogP contribution in [0.3, 0.4) is 0 Å². The van der Waals surface area contributed by atoms with Crippen molar-refractivity contribution in [2.75, 3.05) is 0 Å². The van der Waals surface area contributed by atoms with Crippen molar-refractivity contribution in [3.8, 4) is 22.6 Å². The lowest BCUT2D eigenvalue weighted by Crippen LogP contribution is -2.00. The van der Waals surface area contributed by atoms with Crippen molar-refractivity contribution in [1.29, 1.82) is 0 Å². The molecule has 4 rings (SSSR count). The summed E-state index contributed by atoms with van der Waals surface area (Å²) >= 11 is 1.67. The molecule has 108 valence electrons. The van der Waals surface area contributed by atoms with Crippen molar-refractivity contribution >= 4 is 11.3 Å². The number of thiophene rings is 1. The first kappa shape index (κ1) is 13.0. The van der Waals surface area contributed by atoms with Crippen LogP contribution in [-0.2, 0) is 6.54 Å². The summed E-state index contributed by atoms with van der Waals surface area (Å²) in [5, 5.41) is 12.8. The van der Waals surface area contributed by atoms with E-state index in [-0.39, 0.29) is 0 Å². The molecule has 0 saturated carbocycles. The van der Waals surface area contributed by atoms with E-state index in [4.69, 9.17) is 4.52 Å². The Kier molecular flexibility index (Phi) is 3.33. The summed E-state index contributed by atoms with van der Waals surface area (Å²) in [6.07, 6.45) is 1.96. The molecule has 0 radical (unpaired) electrons. The molecule has 0 aliphatic heterocycles. The number of aromatic nitrogens is 3. The van der Waals surface area contributed by atoms with Crippen molar-refractivity contribution < 1.29 is 4.52 Å². The second-order valence-corrected chi connectivity index (χ2v) is 5.74. The zero-order valence-electron chi connectivity index (χ0n) is 11.7. The maximum atomic E-state index is 5.41. The van der Waals surface area contributed by atoms with Crippen LogP contribution in [0.5, 0.6) is 0 Å². The predicted octanol–water partition coefficient (Wildman–Crippen LogP) is 4.31. The van der Waals surface area contributed by atoms with Gasteiger partial charge < -0.3 is 4.52 Å². The molecule has 0 unspecified atom stereocenters. The van der Waals surface area contributed by atoms with Gasteiger partial charge in [-0.05, 0) is 17.5 Å². The average molecular weight is 307 g/mol. The minimum Gasteiger partial charge on any atom is -0.356 e. The topological polar surface area (TPSA) is 43.9 Å². The van der Waals surface area contributed by atoms with E-state index in [9.17, 15) is 0 Å². The summed E-state index contributed by atoms with van der Waals surface area (Å²) < 4.78 is 7.29. The van der Waals surface area contributed by atoms with Gasteiger partial charge in [-0.15, -0.1) is 0 Å². The Morgan fingerprint density at radius 3 is 2.77 bits per heavy atom. The molecule has 3 heterocycles. The minimum atomic E-state index is 0.598. The van der Waals surface area contributed by atoms with E-state index < -0.39 is 0 Å². The quantitative estimate of drug-likeness (QED) is 0.564. The average Bonchev–Trinajstić information content (AvgIpc) is 3.30. The van der Waals surface area contributed by atoms with E-state index in [0.717, 1.165) is 28.3 Å². The third-order valence-corrected chi connectivity index (χ3v) is 4.08. The van der Waals surface area contributed by atoms with Crippen LogP contribution >= 0.6 is 11.3 Å². The van der Waals surface area contributed by atoms with Crippen molar-refractivity contribution in [1.82, 2.24) is 14.9 Å². The van der Waals surface area contributed by atoms with Crippen molar-refractivity contribution in [3.63, 3.8) is 0 Å². The molecule has 22 heavy (non-hydrogen) atoms. The zero-order chi connectivity index (χ0) is 14.8. The summed E-state index contributed by atoms with van der Waals surface area (Å²) in [6.45, 7) is 0.598. The summed E-state index contributed by atoms with van der Waals surface area (Å²) in [6, 6.07) is 16.0. The molecule has 0 spiro atoms. The fraction of sp³-hybridized carbons (Fsp3) is 0.0588. The smallest absolute Gasteiger partial charge is 0.167 e. The van der Waals surface area contributed by atoms with Crippen LogP contribution in [0.2, 0.25) is 0 Å². The molecular formula is C17H13N3OS. The standard InChI is InChI=1S/C17H13N3OS/c1-2-4-13(5-3-1)17-10-15(19-21-17)11-20-8-6-16(18-20)14-7-9-22-12-14/h1-10,12H,11H2. The van der Waals surface area contributed by atoms with E-state index >= 15 is 0 Å². The Hall–Kier alpha value is -2.66. The number of hydrogen-bond donors (Lipinski definition) is 0. The highest BCUT2D eigenvalue weighted by atomic mass is 32.1. The maximum Gasteiger partial charge on any atom is 0.167 e. The summed E-state index contributed by atoms with van der Waals surface area (Å²) in [7, 11) is 0. The van der Waals surface area contributed by atoms with Crippen LogP contribution < -0.4 is 0 Å². The van der Waals surface area contributed by atoms with Gasteiger partial charge in [0.1, 0.15) is 5.69 Å². The van der Waals surface area contributed by atoms with Crippen LogP contribution in [0.15, 0.2) is 70.0 Å². The van der Waals surface area contributed by atoms with Gasteiger partial charge in [0, 0.05) is 28.8 Å². The van der Waals surface area contributed by atoms with E-state index in [1.165, 1.54) is 0 Å². The molecule has 4 aromatic rings. The molecular weight excluding hydrogens is 294 g/mol. The molecule has 0 saturated heterocycles. The fourth-order valence-corrected chi connectivity index (χ4v) is 2.95. The molecule has 4 nitrogen and oxygen atoms in total. The first-order valence-electron chi connectivity index (χ1n) is 6.95. The van der Waals surface area contributed by atoms with Gasteiger partial charge in [0.25, 0.3) is 0 Å². The van der Waals surface area contributed by atoms with Crippen LogP contribution in [0.4, 0.5) is 0 Å². The van der Waals surface area contributed by atoms with E-state index in [1.54, 1.807) is 11.3 Å². The fourth-order valence-electron chi connectivity index (χ4n) is 2.30. The van der Waals surface area contributed by atoms with Crippen LogP contribution in [0.25, 0.3) is 22.6 Å². The van der Waals surface area contributed by atoms with Gasteiger partial charge in [0.2, 0.25) is 0 Å². The SMILES string of the molecule is c1ccc(-c2cc(Cn3ccc(-c4ccsc4)n3)no2)cc1. The number of hydrogen-bond acceptors (Lipinski definition) is 4. The monoisotopic (exact) mass is 307 g/mol. The van der Waals surface area contributed by atoms with E-state index in [0.29, 0.717) is 6.54 Å². The maximum absolute atomic E-state index is 5.41. The largest absolute Gasteiger partial charge is 0.356 e. The highest BCUT2D eigenvalue weighted by Crippen LogP contribution is 2.22. The Labute approximate surface area is 131 Å². The van der Waals surface area contributed by atoms with Gasteiger partial charge in [-0.2, -0.15) is 16.4 Å². The number of rotatable bonds is 4. The van der Waals surface area contributed by atoms with Crippen molar-refractivity contribution in [2.45, 2.75) is 6.54 Å². The van der Waals surface area contributed by atoms with Gasteiger partial charge in [-0.3, -0.25) is 4.68 Å². The number of nitrogens with zero attached hydrogens (tertiary/aromatic N) is 3. The van der Waals surface area contributed by atoms with Crippen LogP contribution in [-0.4, -0.2) is 14.9 Å². The third-order valence-electron chi connectivity index (χ3n) is 3.40. The van der Waals surface area contributed by atoms with Gasteiger partial charge >= 0.3 is 0 Å². The normalized spacial score (nSPS) is 10.9. The molecule has 0 bridgehead atoms. The lowest BCUT2D eigenvalue weighted by atomic mass is 10.2. The first-order valence-corrected chi connectivity index (χ1v) is 7.90. The Morgan fingerprint density at radius 1 is 1.05 bits per heavy atom. The summed E-state index contributed by atoms with van der Waals surface area (Å²) in [4.78, 5) is 0. The molecule has 0 N–H and O–H groups in total. The molecule has 3 aromatic heterocycles. The predicted molar refractivity (Wildman–Crippen MR) is 86.6 cm³/mol. The Morgan fingerprint density at radius 2 is 1.95 bits per heavy atom. The highest BCUT2D eigenvalue weighted by molar-refractivity contribution is 7.08. The van der Waals surface area contributed by atoms with Crippen molar-refractivity contribution in [2.24, 2.45) is 0 Å². The highest BCUT2D eigenvalue weighted by Gasteiger charge is 2.08. The Bertz CT molecular complexity index is 862.